The van der Waals surface area contributed by atoms with Gasteiger partial charge in [0.1, 0.15) is 5.01 Å². The molecule has 0 aromatic carbocycles. The monoisotopic (exact) mass is 198 g/mol. The summed E-state index contributed by atoms with van der Waals surface area (Å²) in [5, 5.41) is 3.17. The van der Waals surface area contributed by atoms with E-state index in [0.717, 1.165) is 17.1 Å². The van der Waals surface area contributed by atoms with Gasteiger partial charge in [-0.25, -0.2) is 4.98 Å². The molecule has 0 saturated carbocycles. The van der Waals surface area contributed by atoms with E-state index in [1.807, 2.05) is 6.92 Å². The first-order chi connectivity index (χ1) is 5.97. The summed E-state index contributed by atoms with van der Waals surface area (Å²) < 4.78 is 0. The van der Waals surface area contributed by atoms with Crippen molar-refractivity contribution in [3.8, 4) is 0 Å². The van der Waals surface area contributed by atoms with Gasteiger partial charge in [-0.05, 0) is 19.3 Å². The van der Waals surface area contributed by atoms with Crippen LogP contribution in [0.25, 0.3) is 0 Å². The molecular formula is C10H18N2S. The van der Waals surface area contributed by atoms with Gasteiger partial charge >= 0.3 is 0 Å². The predicted molar refractivity (Wildman–Crippen MR) is 58.0 cm³/mol. The van der Waals surface area contributed by atoms with Crippen LogP contribution in [0, 0.1) is 0 Å². The van der Waals surface area contributed by atoms with Gasteiger partial charge in [-0.2, -0.15) is 0 Å². The highest BCUT2D eigenvalue weighted by Crippen LogP contribution is 2.27. The Labute approximate surface area is 84.2 Å². The average molecular weight is 198 g/mol. The van der Waals surface area contributed by atoms with Crippen LogP contribution in [0.2, 0.25) is 0 Å². The van der Waals surface area contributed by atoms with Crippen molar-refractivity contribution < 1.29 is 0 Å². The van der Waals surface area contributed by atoms with Crippen LogP contribution in [0.15, 0.2) is 5.38 Å². The Morgan fingerprint density at radius 3 is 2.62 bits per heavy atom. The molecule has 0 bridgehead atoms. The first kappa shape index (κ1) is 10.7. The highest BCUT2D eigenvalue weighted by molar-refractivity contribution is 7.09. The maximum Gasteiger partial charge on any atom is 0.112 e. The van der Waals surface area contributed by atoms with E-state index in [2.05, 4.69) is 31.1 Å². The fourth-order valence-electron chi connectivity index (χ4n) is 0.965. The Morgan fingerprint density at radius 2 is 2.23 bits per heavy atom. The van der Waals surface area contributed by atoms with E-state index >= 15 is 0 Å². The van der Waals surface area contributed by atoms with Crippen LogP contribution >= 0.6 is 11.3 Å². The lowest BCUT2D eigenvalue weighted by Crippen LogP contribution is -2.31. The van der Waals surface area contributed by atoms with Crippen molar-refractivity contribution in [1.29, 1.82) is 0 Å². The lowest BCUT2D eigenvalue weighted by atomic mass is 10.0. The third-order valence-electron chi connectivity index (χ3n) is 2.34. The average Bonchev–Trinajstić information content (AvgIpc) is 2.52. The van der Waals surface area contributed by atoms with E-state index in [9.17, 15) is 0 Å². The zero-order valence-electron chi connectivity index (χ0n) is 8.79. The van der Waals surface area contributed by atoms with Crippen molar-refractivity contribution in [2.24, 2.45) is 5.73 Å². The maximum absolute atomic E-state index is 6.10. The van der Waals surface area contributed by atoms with Gasteiger partial charge in [0.25, 0.3) is 0 Å². The van der Waals surface area contributed by atoms with Gasteiger partial charge < -0.3 is 5.73 Å². The van der Waals surface area contributed by atoms with E-state index in [4.69, 9.17) is 5.73 Å². The summed E-state index contributed by atoms with van der Waals surface area (Å²) in [7, 11) is 0. The Kier molecular flexibility index (Phi) is 3.09. The van der Waals surface area contributed by atoms with Crippen molar-refractivity contribution in [1.82, 2.24) is 4.98 Å². The molecule has 1 heterocycles. The molecule has 0 radical (unpaired) electrons. The minimum absolute atomic E-state index is 0.252. The van der Waals surface area contributed by atoms with E-state index in [1.165, 1.54) is 0 Å². The number of aromatic nitrogens is 1. The largest absolute Gasteiger partial charge is 0.320 e. The van der Waals surface area contributed by atoms with Gasteiger partial charge in [-0.15, -0.1) is 11.3 Å². The summed E-state index contributed by atoms with van der Waals surface area (Å²) in [6, 6.07) is 0. The van der Waals surface area contributed by atoms with E-state index < -0.39 is 0 Å². The molecule has 1 aromatic rings. The zero-order valence-corrected chi connectivity index (χ0v) is 9.61. The molecule has 2 N–H and O–H groups in total. The molecule has 0 aliphatic rings. The molecule has 0 aliphatic heterocycles. The molecule has 1 unspecified atom stereocenters. The first-order valence-electron chi connectivity index (χ1n) is 4.72. The minimum Gasteiger partial charge on any atom is -0.320 e. The highest BCUT2D eigenvalue weighted by Gasteiger charge is 2.22. The summed E-state index contributed by atoms with van der Waals surface area (Å²) in [6.45, 7) is 8.43. The highest BCUT2D eigenvalue weighted by atomic mass is 32.1. The van der Waals surface area contributed by atoms with Crippen molar-refractivity contribution in [3.05, 3.63) is 16.1 Å². The fourth-order valence-corrected chi connectivity index (χ4v) is 2.09. The van der Waals surface area contributed by atoms with Gasteiger partial charge in [0.05, 0.1) is 11.2 Å². The second kappa shape index (κ2) is 3.76. The predicted octanol–water partition coefficient (Wildman–Crippen LogP) is 2.85. The molecule has 74 valence electrons. The van der Waals surface area contributed by atoms with Crippen molar-refractivity contribution in [2.75, 3.05) is 0 Å². The zero-order chi connectivity index (χ0) is 10.1. The third kappa shape index (κ3) is 2.29. The Morgan fingerprint density at radius 1 is 1.62 bits per heavy atom. The smallest absolute Gasteiger partial charge is 0.112 e. The van der Waals surface area contributed by atoms with Crippen molar-refractivity contribution in [3.63, 3.8) is 0 Å². The Balaban J connectivity index is 2.91. The molecule has 1 atom stereocenters. The summed E-state index contributed by atoms with van der Waals surface area (Å²) >= 11 is 1.67. The number of rotatable bonds is 3. The van der Waals surface area contributed by atoms with Gasteiger partial charge in [0, 0.05) is 5.38 Å². The lowest BCUT2D eigenvalue weighted by Gasteiger charge is -2.19. The van der Waals surface area contributed by atoms with Gasteiger partial charge in [0.2, 0.25) is 0 Å². The van der Waals surface area contributed by atoms with E-state index in [1.54, 1.807) is 11.3 Å². The number of nitrogens with two attached hydrogens (primary N) is 1. The van der Waals surface area contributed by atoms with Crippen LogP contribution in [0.1, 0.15) is 50.7 Å². The SMILES string of the molecule is CCC(C)(N)c1nc(C(C)C)cs1. The molecule has 0 amide bonds. The molecule has 0 fully saturated rings. The maximum atomic E-state index is 6.10. The first-order valence-corrected chi connectivity index (χ1v) is 5.60. The molecule has 3 heteroatoms. The van der Waals surface area contributed by atoms with Crippen molar-refractivity contribution >= 4 is 11.3 Å². The van der Waals surface area contributed by atoms with E-state index in [0.29, 0.717) is 5.92 Å². The normalized spacial score (nSPS) is 16.2. The van der Waals surface area contributed by atoms with Crippen LogP contribution in [0.4, 0.5) is 0 Å². The molecule has 0 spiro atoms. The van der Waals surface area contributed by atoms with Crippen molar-refractivity contribution in [2.45, 2.75) is 45.6 Å². The molecule has 0 aliphatic carbocycles. The molecule has 0 saturated heterocycles. The molecular weight excluding hydrogens is 180 g/mol. The molecule has 1 aromatic heterocycles. The van der Waals surface area contributed by atoms with Crippen LogP contribution < -0.4 is 5.73 Å². The van der Waals surface area contributed by atoms with Crippen LogP contribution in [0.3, 0.4) is 0 Å². The number of nitrogens with zero attached hydrogens (tertiary/aromatic N) is 1. The van der Waals surface area contributed by atoms with Gasteiger partial charge in [-0.3, -0.25) is 0 Å². The third-order valence-corrected chi connectivity index (χ3v) is 3.48. The summed E-state index contributed by atoms with van der Waals surface area (Å²) in [5.74, 6) is 0.498. The second-order valence-corrected chi connectivity index (χ2v) is 4.86. The second-order valence-electron chi connectivity index (χ2n) is 4.00. The Bertz CT molecular complexity index is 276. The summed E-state index contributed by atoms with van der Waals surface area (Å²) in [5.41, 5.74) is 7.00. The molecule has 1 rings (SSSR count). The number of hydrogen-bond acceptors (Lipinski definition) is 3. The van der Waals surface area contributed by atoms with Crippen LogP contribution in [0.5, 0.6) is 0 Å². The van der Waals surface area contributed by atoms with Gasteiger partial charge in [-0.1, -0.05) is 20.8 Å². The molecule has 13 heavy (non-hydrogen) atoms. The van der Waals surface area contributed by atoms with E-state index in [-0.39, 0.29) is 5.54 Å². The Hall–Kier alpha value is -0.410. The summed E-state index contributed by atoms with van der Waals surface area (Å²) in [6.07, 6.45) is 0.929. The lowest BCUT2D eigenvalue weighted by molar-refractivity contribution is 0.472. The molecule has 2 nitrogen and oxygen atoms in total. The quantitative estimate of drug-likeness (QED) is 0.811. The van der Waals surface area contributed by atoms with Crippen LogP contribution in [-0.2, 0) is 5.54 Å². The number of hydrogen-bond donors (Lipinski definition) is 1. The number of thiazole rings is 1. The fraction of sp³-hybridized carbons (Fsp3) is 0.700. The standard InChI is InChI=1S/C10H18N2S/c1-5-10(4,11)9-12-8(6-13-9)7(2)3/h6-7H,5,11H2,1-4H3. The van der Waals surface area contributed by atoms with Crippen LogP contribution in [-0.4, -0.2) is 4.98 Å². The topological polar surface area (TPSA) is 38.9 Å². The summed E-state index contributed by atoms with van der Waals surface area (Å²) in [4.78, 5) is 4.55. The minimum atomic E-state index is -0.252. The van der Waals surface area contributed by atoms with Gasteiger partial charge in [0.15, 0.2) is 0 Å².